The zero-order valence-electron chi connectivity index (χ0n) is 7.20. The topological polar surface area (TPSA) is 45.8 Å². The molecule has 0 atom stereocenters. The average molecular weight is 207 g/mol. The molecule has 0 fully saturated rings. The molecule has 2 aromatic rings. The van der Waals surface area contributed by atoms with Crippen LogP contribution in [0.1, 0.15) is 0 Å². The fourth-order valence-corrected chi connectivity index (χ4v) is 1.36. The predicted molar refractivity (Wildman–Crippen MR) is 55.3 cm³/mol. The highest BCUT2D eigenvalue weighted by molar-refractivity contribution is 6.29. The van der Waals surface area contributed by atoms with Gasteiger partial charge in [0, 0.05) is 0 Å². The lowest BCUT2D eigenvalue weighted by Crippen LogP contribution is -2.10. The average Bonchev–Trinajstić information content (AvgIpc) is 2.23. The lowest BCUT2D eigenvalue weighted by atomic mass is 10.1. The first kappa shape index (κ1) is 8.97. The van der Waals surface area contributed by atoms with Crippen molar-refractivity contribution in [2.24, 2.45) is 0 Å². The van der Waals surface area contributed by atoms with Gasteiger partial charge in [0.25, 0.3) is 5.56 Å². The van der Waals surface area contributed by atoms with Crippen LogP contribution in [-0.4, -0.2) is 10.2 Å². The van der Waals surface area contributed by atoms with Gasteiger partial charge in [-0.2, -0.15) is 5.10 Å². The number of nitrogens with zero attached hydrogens (tertiary/aromatic N) is 1. The molecule has 0 radical (unpaired) electrons. The van der Waals surface area contributed by atoms with Crippen LogP contribution < -0.4 is 5.56 Å². The molecule has 1 N–H and O–H groups in total. The summed E-state index contributed by atoms with van der Waals surface area (Å²) in [6.45, 7) is 0. The Bertz CT molecular complexity index is 493. The zero-order chi connectivity index (χ0) is 9.97. The summed E-state index contributed by atoms with van der Waals surface area (Å²) in [5.41, 5.74) is 1.13. The molecule has 0 spiro atoms. The maximum atomic E-state index is 11.4. The lowest BCUT2D eigenvalue weighted by molar-refractivity contribution is 0.992. The summed E-state index contributed by atoms with van der Waals surface area (Å²) >= 11 is 5.69. The zero-order valence-corrected chi connectivity index (χ0v) is 7.95. The molecule has 0 saturated heterocycles. The van der Waals surface area contributed by atoms with Gasteiger partial charge in [0.1, 0.15) is 5.15 Å². The maximum Gasteiger partial charge on any atom is 0.272 e. The molecule has 0 bridgehead atoms. The predicted octanol–water partition coefficient (Wildman–Crippen LogP) is 2.09. The Morgan fingerprint density at radius 2 is 1.93 bits per heavy atom. The molecule has 0 saturated carbocycles. The summed E-state index contributed by atoms with van der Waals surface area (Å²) in [5, 5.41) is 6.20. The molecule has 0 unspecified atom stereocenters. The lowest BCUT2D eigenvalue weighted by Gasteiger charge is -1.98. The molecule has 0 aliphatic rings. The number of hydrogen-bond donors (Lipinski definition) is 1. The van der Waals surface area contributed by atoms with Gasteiger partial charge in [-0.15, -0.1) is 0 Å². The van der Waals surface area contributed by atoms with Gasteiger partial charge in [-0.25, -0.2) is 5.10 Å². The molecule has 0 aliphatic heterocycles. The van der Waals surface area contributed by atoms with E-state index in [0.717, 1.165) is 5.56 Å². The van der Waals surface area contributed by atoms with Gasteiger partial charge in [-0.1, -0.05) is 41.9 Å². The first-order valence-corrected chi connectivity index (χ1v) is 4.46. The summed E-state index contributed by atoms with van der Waals surface area (Å²) in [7, 11) is 0. The van der Waals surface area contributed by atoms with E-state index in [0.29, 0.717) is 5.56 Å². The molecule has 4 heteroatoms. The molecular formula is C10H7ClN2O. The molecule has 70 valence electrons. The van der Waals surface area contributed by atoms with Crippen LogP contribution in [0.3, 0.4) is 0 Å². The first-order chi connectivity index (χ1) is 6.77. The van der Waals surface area contributed by atoms with Gasteiger partial charge >= 0.3 is 0 Å². The number of aromatic nitrogens is 2. The van der Waals surface area contributed by atoms with E-state index in [-0.39, 0.29) is 10.7 Å². The molecule has 0 aliphatic carbocycles. The van der Waals surface area contributed by atoms with Gasteiger partial charge in [-0.05, 0) is 11.6 Å². The van der Waals surface area contributed by atoms with Crippen LogP contribution in [0.15, 0.2) is 41.2 Å². The minimum absolute atomic E-state index is 0.236. The normalized spacial score (nSPS) is 10.1. The van der Waals surface area contributed by atoms with Crippen LogP contribution in [0.5, 0.6) is 0 Å². The third-order valence-corrected chi connectivity index (χ3v) is 2.05. The van der Waals surface area contributed by atoms with Crippen LogP contribution in [-0.2, 0) is 0 Å². The Kier molecular flexibility index (Phi) is 2.33. The summed E-state index contributed by atoms with van der Waals surface area (Å²) in [5.74, 6) is 0. The van der Waals surface area contributed by atoms with E-state index in [1.165, 1.54) is 0 Å². The van der Waals surface area contributed by atoms with E-state index in [1.807, 2.05) is 30.3 Å². The van der Waals surface area contributed by atoms with Crippen molar-refractivity contribution in [3.63, 3.8) is 0 Å². The highest BCUT2D eigenvalue weighted by Gasteiger charge is 2.03. The van der Waals surface area contributed by atoms with Gasteiger partial charge < -0.3 is 0 Å². The van der Waals surface area contributed by atoms with Gasteiger partial charge in [-0.3, -0.25) is 4.79 Å². The Morgan fingerprint density at radius 3 is 2.64 bits per heavy atom. The Morgan fingerprint density at radius 1 is 1.21 bits per heavy atom. The second-order valence-corrected chi connectivity index (χ2v) is 3.19. The smallest absolute Gasteiger partial charge is 0.267 e. The number of nitrogens with one attached hydrogen (secondary N) is 1. The van der Waals surface area contributed by atoms with E-state index in [4.69, 9.17) is 11.6 Å². The van der Waals surface area contributed by atoms with E-state index in [1.54, 1.807) is 6.07 Å². The van der Waals surface area contributed by atoms with Crippen molar-refractivity contribution in [2.75, 3.05) is 0 Å². The molecule has 0 amide bonds. The minimum Gasteiger partial charge on any atom is -0.267 e. The number of halogens is 1. The van der Waals surface area contributed by atoms with Crippen molar-refractivity contribution in [1.29, 1.82) is 0 Å². The summed E-state index contributed by atoms with van der Waals surface area (Å²) in [4.78, 5) is 11.4. The van der Waals surface area contributed by atoms with Gasteiger partial charge in [0.2, 0.25) is 0 Å². The van der Waals surface area contributed by atoms with E-state index >= 15 is 0 Å². The monoisotopic (exact) mass is 206 g/mol. The third-order valence-electron chi connectivity index (χ3n) is 1.86. The Labute approximate surface area is 85.4 Å². The Balaban J connectivity index is 2.63. The molecule has 2 rings (SSSR count). The number of rotatable bonds is 1. The summed E-state index contributed by atoms with van der Waals surface area (Å²) in [6, 6.07) is 10.9. The van der Waals surface area contributed by atoms with Crippen LogP contribution >= 0.6 is 11.6 Å². The Hall–Kier alpha value is -1.61. The second kappa shape index (κ2) is 3.64. The number of H-pyrrole nitrogens is 1. The van der Waals surface area contributed by atoms with Crippen molar-refractivity contribution in [1.82, 2.24) is 10.2 Å². The fourth-order valence-electron chi connectivity index (χ4n) is 1.21. The van der Waals surface area contributed by atoms with Crippen molar-refractivity contribution in [3.8, 4) is 11.1 Å². The van der Waals surface area contributed by atoms with Crippen molar-refractivity contribution >= 4 is 11.6 Å². The largest absolute Gasteiger partial charge is 0.272 e. The van der Waals surface area contributed by atoms with Gasteiger partial charge in [0.15, 0.2) is 0 Å². The van der Waals surface area contributed by atoms with Crippen molar-refractivity contribution < 1.29 is 0 Å². The third kappa shape index (κ3) is 1.67. The summed E-state index contributed by atoms with van der Waals surface area (Å²) < 4.78 is 0. The molecular weight excluding hydrogens is 200 g/mol. The second-order valence-electron chi connectivity index (χ2n) is 2.80. The van der Waals surface area contributed by atoms with E-state index in [9.17, 15) is 4.79 Å². The van der Waals surface area contributed by atoms with E-state index in [2.05, 4.69) is 10.2 Å². The molecule has 3 nitrogen and oxygen atoms in total. The summed E-state index contributed by atoms with van der Waals surface area (Å²) in [6.07, 6.45) is 0. The molecule has 1 aromatic heterocycles. The fraction of sp³-hybridized carbons (Fsp3) is 0. The minimum atomic E-state index is -0.236. The van der Waals surface area contributed by atoms with Crippen LogP contribution in [0.2, 0.25) is 5.15 Å². The van der Waals surface area contributed by atoms with Crippen molar-refractivity contribution in [3.05, 3.63) is 51.9 Å². The number of benzene rings is 1. The SMILES string of the molecule is O=c1[nH]nc(Cl)cc1-c1ccccc1. The molecule has 14 heavy (non-hydrogen) atoms. The highest BCUT2D eigenvalue weighted by atomic mass is 35.5. The van der Waals surface area contributed by atoms with Gasteiger partial charge in [0.05, 0.1) is 5.56 Å². The first-order valence-electron chi connectivity index (χ1n) is 4.08. The number of hydrogen-bond acceptors (Lipinski definition) is 2. The maximum absolute atomic E-state index is 11.4. The number of aromatic amines is 1. The molecule has 1 heterocycles. The quantitative estimate of drug-likeness (QED) is 0.777. The van der Waals surface area contributed by atoms with Crippen LogP contribution in [0.4, 0.5) is 0 Å². The standard InChI is InChI=1S/C10H7ClN2O/c11-9-6-8(10(14)13-12-9)7-4-2-1-3-5-7/h1-6H,(H,13,14). The van der Waals surface area contributed by atoms with Crippen molar-refractivity contribution in [2.45, 2.75) is 0 Å². The van der Waals surface area contributed by atoms with E-state index < -0.39 is 0 Å². The van der Waals surface area contributed by atoms with Crippen LogP contribution in [0, 0.1) is 0 Å². The highest BCUT2D eigenvalue weighted by Crippen LogP contribution is 2.15. The van der Waals surface area contributed by atoms with Crippen LogP contribution in [0.25, 0.3) is 11.1 Å². The molecule has 1 aromatic carbocycles.